The molecule has 0 fully saturated rings. The fourth-order valence-electron chi connectivity index (χ4n) is 1.54. The van der Waals surface area contributed by atoms with Gasteiger partial charge in [0.2, 0.25) is 0 Å². The summed E-state index contributed by atoms with van der Waals surface area (Å²) in [6.45, 7) is 2.01. The Bertz CT molecular complexity index is 564. The highest BCUT2D eigenvalue weighted by molar-refractivity contribution is 7.98. The van der Waals surface area contributed by atoms with Crippen LogP contribution in [0.4, 0.5) is 0 Å². The average molecular weight is 274 g/mol. The fourth-order valence-corrected chi connectivity index (χ4v) is 2.73. The van der Waals surface area contributed by atoms with Crippen molar-refractivity contribution in [1.82, 2.24) is 0 Å². The van der Waals surface area contributed by atoms with Crippen LogP contribution >= 0.6 is 23.1 Å². The van der Waals surface area contributed by atoms with Gasteiger partial charge in [-0.15, -0.1) is 23.1 Å². The van der Waals surface area contributed by atoms with Crippen LogP contribution in [-0.4, -0.2) is 12.0 Å². The van der Waals surface area contributed by atoms with Crippen LogP contribution in [0.3, 0.4) is 0 Å². The number of aryl methyl sites for hydroxylation is 1. The van der Waals surface area contributed by atoms with Gasteiger partial charge in [-0.2, -0.15) is 0 Å². The molecule has 1 aromatic carbocycles. The summed E-state index contributed by atoms with van der Waals surface area (Å²) < 4.78 is 0. The van der Waals surface area contributed by atoms with Crippen molar-refractivity contribution in [3.63, 3.8) is 0 Å². The molecule has 0 aliphatic carbocycles. The van der Waals surface area contributed by atoms with Gasteiger partial charge in [0, 0.05) is 9.77 Å². The zero-order chi connectivity index (χ0) is 13.0. The molecule has 0 atom stereocenters. The number of allylic oxidation sites excluding steroid dienone is 1. The van der Waals surface area contributed by atoms with Crippen molar-refractivity contribution in [1.29, 1.82) is 0 Å². The molecular formula is C15H14OS2. The van der Waals surface area contributed by atoms with Gasteiger partial charge in [0.15, 0.2) is 5.78 Å². The van der Waals surface area contributed by atoms with Crippen molar-refractivity contribution in [2.45, 2.75) is 11.8 Å². The Hall–Kier alpha value is -1.32. The van der Waals surface area contributed by atoms with Crippen molar-refractivity contribution >= 4 is 35.0 Å². The molecular weight excluding hydrogens is 260 g/mol. The number of ketones is 1. The molecule has 0 spiro atoms. The van der Waals surface area contributed by atoms with E-state index in [1.165, 1.54) is 16.2 Å². The van der Waals surface area contributed by atoms with Crippen molar-refractivity contribution in [2.24, 2.45) is 0 Å². The van der Waals surface area contributed by atoms with Gasteiger partial charge in [0.25, 0.3) is 0 Å². The summed E-state index contributed by atoms with van der Waals surface area (Å²) in [5, 5.41) is 0. The Morgan fingerprint density at radius 1 is 1.17 bits per heavy atom. The van der Waals surface area contributed by atoms with Crippen LogP contribution in [0.1, 0.15) is 20.1 Å². The number of carbonyl (C=O) groups excluding carboxylic acids is 1. The zero-order valence-electron chi connectivity index (χ0n) is 10.3. The third-order valence-corrected chi connectivity index (χ3v) is 4.28. The van der Waals surface area contributed by atoms with Crippen LogP contribution in [0.2, 0.25) is 0 Å². The highest BCUT2D eigenvalue weighted by Crippen LogP contribution is 2.18. The van der Waals surface area contributed by atoms with Crippen LogP contribution in [-0.2, 0) is 0 Å². The lowest BCUT2D eigenvalue weighted by Gasteiger charge is -1.96. The van der Waals surface area contributed by atoms with Crippen LogP contribution in [0.15, 0.2) is 47.4 Å². The van der Waals surface area contributed by atoms with E-state index < -0.39 is 0 Å². The Morgan fingerprint density at radius 2 is 1.89 bits per heavy atom. The molecule has 2 aromatic rings. The highest BCUT2D eigenvalue weighted by Gasteiger charge is 2.03. The van der Waals surface area contributed by atoms with Gasteiger partial charge >= 0.3 is 0 Å². The number of hydrogen-bond donors (Lipinski definition) is 0. The maximum Gasteiger partial charge on any atom is 0.195 e. The first kappa shape index (κ1) is 13.1. The predicted molar refractivity (Wildman–Crippen MR) is 80.6 cm³/mol. The molecule has 0 saturated heterocycles. The molecule has 0 amide bonds. The molecule has 1 nitrogen and oxygen atoms in total. The lowest BCUT2D eigenvalue weighted by Crippen LogP contribution is -1.88. The van der Waals surface area contributed by atoms with E-state index in [1.54, 1.807) is 17.8 Å². The standard InChI is InChI=1S/C15H14OS2/c1-11-3-10-15(18-11)14(16)9-6-12-4-7-13(17-2)8-5-12/h3-10H,1-2H3. The molecule has 2 rings (SSSR count). The molecule has 0 unspecified atom stereocenters. The number of rotatable bonds is 4. The minimum Gasteiger partial charge on any atom is -0.288 e. The SMILES string of the molecule is CSc1ccc(C=CC(=O)c2ccc(C)s2)cc1. The number of benzene rings is 1. The van der Waals surface area contributed by atoms with E-state index in [0.717, 1.165) is 15.3 Å². The Balaban J connectivity index is 2.08. The number of hydrogen-bond acceptors (Lipinski definition) is 3. The van der Waals surface area contributed by atoms with Crippen LogP contribution in [0.5, 0.6) is 0 Å². The molecule has 0 radical (unpaired) electrons. The second kappa shape index (κ2) is 6.03. The van der Waals surface area contributed by atoms with Crippen LogP contribution in [0.25, 0.3) is 6.08 Å². The summed E-state index contributed by atoms with van der Waals surface area (Å²) >= 11 is 3.25. The molecule has 0 bridgehead atoms. The predicted octanol–water partition coefficient (Wildman–Crippen LogP) is 4.67. The third kappa shape index (κ3) is 3.34. The van der Waals surface area contributed by atoms with Crippen molar-refractivity contribution in [3.05, 3.63) is 57.8 Å². The van der Waals surface area contributed by atoms with Gasteiger partial charge in [-0.05, 0) is 49.1 Å². The first-order chi connectivity index (χ1) is 8.69. The summed E-state index contributed by atoms with van der Waals surface area (Å²) in [5.41, 5.74) is 1.05. The van der Waals surface area contributed by atoms with E-state index in [-0.39, 0.29) is 5.78 Å². The van der Waals surface area contributed by atoms with E-state index in [4.69, 9.17) is 0 Å². The molecule has 0 N–H and O–H groups in total. The second-order valence-corrected chi connectivity index (χ2v) is 6.05. The largest absolute Gasteiger partial charge is 0.288 e. The molecule has 1 aromatic heterocycles. The summed E-state index contributed by atoms with van der Waals surface area (Å²) in [7, 11) is 0. The van der Waals surface area contributed by atoms with E-state index in [0.29, 0.717) is 0 Å². The van der Waals surface area contributed by atoms with E-state index in [1.807, 2.05) is 43.5 Å². The van der Waals surface area contributed by atoms with Gasteiger partial charge in [0.05, 0.1) is 4.88 Å². The van der Waals surface area contributed by atoms with E-state index >= 15 is 0 Å². The fraction of sp³-hybridized carbons (Fsp3) is 0.133. The minimum atomic E-state index is 0.0713. The molecule has 18 heavy (non-hydrogen) atoms. The number of thioether (sulfide) groups is 1. The van der Waals surface area contributed by atoms with Crippen molar-refractivity contribution in [3.8, 4) is 0 Å². The molecule has 3 heteroatoms. The van der Waals surface area contributed by atoms with Gasteiger partial charge in [0.1, 0.15) is 0 Å². The van der Waals surface area contributed by atoms with Gasteiger partial charge < -0.3 is 0 Å². The van der Waals surface area contributed by atoms with Crippen LogP contribution < -0.4 is 0 Å². The van der Waals surface area contributed by atoms with Crippen molar-refractivity contribution < 1.29 is 4.79 Å². The Labute approximate surface area is 116 Å². The van der Waals surface area contributed by atoms with Crippen LogP contribution in [0, 0.1) is 6.92 Å². The highest BCUT2D eigenvalue weighted by atomic mass is 32.2. The number of carbonyl (C=O) groups is 1. The summed E-state index contributed by atoms with van der Waals surface area (Å²) in [6.07, 6.45) is 5.55. The topological polar surface area (TPSA) is 17.1 Å². The summed E-state index contributed by atoms with van der Waals surface area (Å²) in [4.78, 5) is 15.1. The van der Waals surface area contributed by atoms with E-state index in [9.17, 15) is 4.79 Å². The van der Waals surface area contributed by atoms with Gasteiger partial charge in [-0.1, -0.05) is 18.2 Å². The summed E-state index contributed by atoms with van der Waals surface area (Å²) in [6, 6.07) is 12.0. The zero-order valence-corrected chi connectivity index (χ0v) is 12.0. The average Bonchev–Trinajstić information content (AvgIpc) is 2.83. The second-order valence-electron chi connectivity index (χ2n) is 3.88. The molecule has 92 valence electrons. The van der Waals surface area contributed by atoms with Gasteiger partial charge in [-0.25, -0.2) is 0 Å². The number of thiophene rings is 1. The van der Waals surface area contributed by atoms with Gasteiger partial charge in [-0.3, -0.25) is 4.79 Å². The first-order valence-electron chi connectivity index (χ1n) is 5.62. The quantitative estimate of drug-likeness (QED) is 0.457. The summed E-state index contributed by atoms with van der Waals surface area (Å²) in [5.74, 6) is 0.0713. The molecule has 0 aliphatic heterocycles. The normalized spacial score (nSPS) is 11.0. The molecule has 1 heterocycles. The lowest BCUT2D eigenvalue weighted by atomic mass is 10.2. The Kier molecular flexibility index (Phi) is 4.39. The first-order valence-corrected chi connectivity index (χ1v) is 7.66. The Morgan fingerprint density at radius 3 is 2.44 bits per heavy atom. The monoisotopic (exact) mass is 274 g/mol. The lowest BCUT2D eigenvalue weighted by molar-refractivity contribution is 0.105. The maximum atomic E-state index is 11.9. The third-order valence-electron chi connectivity index (χ3n) is 2.53. The maximum absolute atomic E-state index is 11.9. The minimum absolute atomic E-state index is 0.0713. The molecule has 0 saturated carbocycles. The molecule has 0 aliphatic rings. The smallest absolute Gasteiger partial charge is 0.195 e. The van der Waals surface area contributed by atoms with E-state index in [2.05, 4.69) is 12.1 Å². The van der Waals surface area contributed by atoms with Crippen molar-refractivity contribution in [2.75, 3.05) is 6.26 Å².